The van der Waals surface area contributed by atoms with Crippen molar-refractivity contribution in [2.24, 2.45) is 5.92 Å². The molecular formula is C24H25N5O3S2. The highest BCUT2D eigenvalue weighted by Crippen LogP contribution is 2.40. The Morgan fingerprint density at radius 3 is 3.00 bits per heavy atom. The normalized spacial score (nSPS) is 15.4. The second-order valence-corrected chi connectivity index (χ2v) is 10.6. The predicted octanol–water partition coefficient (Wildman–Crippen LogP) is 4.99. The molecule has 0 radical (unpaired) electrons. The number of ether oxygens (including phenoxy) is 1. The molecule has 5 rings (SSSR count). The van der Waals surface area contributed by atoms with Gasteiger partial charge in [0.25, 0.3) is 0 Å². The maximum Gasteiger partial charge on any atom is 0.341 e. The predicted molar refractivity (Wildman–Crippen MR) is 135 cm³/mol. The van der Waals surface area contributed by atoms with Crippen molar-refractivity contribution in [3.63, 3.8) is 0 Å². The van der Waals surface area contributed by atoms with Crippen molar-refractivity contribution in [1.82, 2.24) is 20.2 Å². The molecule has 3 aromatic heterocycles. The molecule has 34 heavy (non-hydrogen) atoms. The van der Waals surface area contributed by atoms with E-state index in [1.807, 2.05) is 24.3 Å². The number of anilines is 1. The molecule has 0 bridgehead atoms. The summed E-state index contributed by atoms with van der Waals surface area (Å²) in [4.78, 5) is 34.3. The molecule has 1 aromatic carbocycles. The number of H-pyrrole nitrogens is 1. The van der Waals surface area contributed by atoms with Crippen LogP contribution in [-0.2, 0) is 22.4 Å². The molecule has 10 heteroatoms. The van der Waals surface area contributed by atoms with Crippen molar-refractivity contribution in [2.45, 2.75) is 44.7 Å². The second kappa shape index (κ2) is 9.71. The van der Waals surface area contributed by atoms with Crippen LogP contribution in [0.25, 0.3) is 22.1 Å². The van der Waals surface area contributed by atoms with Gasteiger partial charge in [0.05, 0.1) is 12.2 Å². The molecule has 1 unspecified atom stereocenters. The summed E-state index contributed by atoms with van der Waals surface area (Å²) in [5.41, 5.74) is 3.95. The quantitative estimate of drug-likeness (QED) is 0.274. The minimum Gasteiger partial charge on any atom is -0.462 e. The first kappa shape index (κ1) is 22.8. The van der Waals surface area contributed by atoms with Crippen molar-refractivity contribution < 1.29 is 14.3 Å². The number of para-hydroxylation sites is 1. The number of hydrogen-bond donors (Lipinski definition) is 2. The SMILES string of the molecule is CCOC(=O)c1c(NC(=O)CCSc2nnc3c(n2)[nH]c2ccccc23)sc2c1CCC(C)C2. The van der Waals surface area contributed by atoms with Crippen LogP contribution in [0, 0.1) is 5.92 Å². The number of benzene rings is 1. The number of aromatic nitrogens is 4. The monoisotopic (exact) mass is 495 g/mol. The van der Waals surface area contributed by atoms with E-state index in [0.29, 0.717) is 39.6 Å². The fraction of sp³-hybridized carbons (Fsp3) is 0.375. The Kier molecular flexibility index (Phi) is 6.51. The number of thiophene rings is 1. The number of aromatic amines is 1. The Morgan fingerprint density at radius 1 is 1.29 bits per heavy atom. The molecule has 1 amide bonds. The lowest BCUT2D eigenvalue weighted by Crippen LogP contribution is -2.17. The molecule has 3 heterocycles. The van der Waals surface area contributed by atoms with Gasteiger partial charge in [-0.05, 0) is 43.7 Å². The van der Waals surface area contributed by atoms with E-state index in [1.54, 1.807) is 6.92 Å². The lowest BCUT2D eigenvalue weighted by molar-refractivity contribution is -0.115. The first-order chi connectivity index (χ1) is 16.5. The molecule has 2 N–H and O–H groups in total. The van der Waals surface area contributed by atoms with E-state index < -0.39 is 0 Å². The summed E-state index contributed by atoms with van der Waals surface area (Å²) in [6, 6.07) is 7.87. The Labute approximate surface area is 204 Å². The summed E-state index contributed by atoms with van der Waals surface area (Å²) < 4.78 is 5.28. The number of esters is 1. The van der Waals surface area contributed by atoms with Crippen LogP contribution in [0.4, 0.5) is 5.00 Å². The highest BCUT2D eigenvalue weighted by molar-refractivity contribution is 7.99. The van der Waals surface area contributed by atoms with Crippen molar-refractivity contribution >= 4 is 62.0 Å². The number of carbonyl (C=O) groups is 2. The van der Waals surface area contributed by atoms with E-state index in [0.717, 1.165) is 41.2 Å². The zero-order valence-electron chi connectivity index (χ0n) is 19.0. The maximum atomic E-state index is 12.7. The van der Waals surface area contributed by atoms with Crippen molar-refractivity contribution in [1.29, 1.82) is 0 Å². The van der Waals surface area contributed by atoms with Crippen LogP contribution < -0.4 is 5.32 Å². The third-order valence-electron chi connectivity index (χ3n) is 5.91. The average Bonchev–Trinajstić information content (AvgIpc) is 3.36. The minimum absolute atomic E-state index is 0.149. The van der Waals surface area contributed by atoms with Gasteiger partial charge in [-0.2, -0.15) is 0 Å². The molecule has 1 atom stereocenters. The molecule has 0 saturated heterocycles. The Hall–Kier alpha value is -2.98. The molecular weight excluding hydrogens is 470 g/mol. The Morgan fingerprint density at radius 2 is 2.15 bits per heavy atom. The van der Waals surface area contributed by atoms with Crippen LogP contribution >= 0.6 is 23.1 Å². The van der Waals surface area contributed by atoms with Gasteiger partial charge in [-0.15, -0.1) is 21.5 Å². The number of hydrogen-bond acceptors (Lipinski definition) is 8. The van der Waals surface area contributed by atoms with Gasteiger partial charge < -0.3 is 15.0 Å². The fourth-order valence-corrected chi connectivity index (χ4v) is 6.39. The highest BCUT2D eigenvalue weighted by Gasteiger charge is 2.29. The van der Waals surface area contributed by atoms with Crippen molar-refractivity contribution in [3.05, 3.63) is 40.3 Å². The van der Waals surface area contributed by atoms with E-state index >= 15 is 0 Å². The second-order valence-electron chi connectivity index (χ2n) is 8.39. The smallest absolute Gasteiger partial charge is 0.341 e. The van der Waals surface area contributed by atoms with E-state index in [4.69, 9.17) is 4.74 Å². The van der Waals surface area contributed by atoms with Gasteiger partial charge in [0.2, 0.25) is 11.1 Å². The van der Waals surface area contributed by atoms with Gasteiger partial charge >= 0.3 is 5.97 Å². The number of rotatable bonds is 7. The number of fused-ring (bicyclic) bond motifs is 4. The summed E-state index contributed by atoms with van der Waals surface area (Å²) in [6.07, 6.45) is 3.07. The lowest BCUT2D eigenvalue weighted by Gasteiger charge is -2.18. The number of thioether (sulfide) groups is 1. The number of nitrogens with one attached hydrogen (secondary N) is 2. The van der Waals surface area contributed by atoms with Crippen LogP contribution in [0.3, 0.4) is 0 Å². The maximum absolute atomic E-state index is 12.7. The van der Waals surface area contributed by atoms with E-state index in [9.17, 15) is 9.59 Å². The third-order valence-corrected chi connectivity index (χ3v) is 7.92. The largest absolute Gasteiger partial charge is 0.462 e. The average molecular weight is 496 g/mol. The molecule has 176 valence electrons. The highest BCUT2D eigenvalue weighted by atomic mass is 32.2. The first-order valence-electron chi connectivity index (χ1n) is 11.4. The van der Waals surface area contributed by atoms with E-state index in [-0.39, 0.29) is 18.3 Å². The standard InChI is InChI=1S/C24H25N5O3S2/c1-3-32-23(31)19-15-9-8-13(2)12-17(15)34-22(19)26-18(30)10-11-33-24-27-21-20(28-29-24)14-6-4-5-7-16(14)25-21/h4-7,13H,3,8-12H2,1-2H3,(H,26,30)(H,25,27,29). The zero-order chi connectivity index (χ0) is 23.7. The van der Waals surface area contributed by atoms with Gasteiger partial charge in [0, 0.05) is 28.0 Å². The summed E-state index contributed by atoms with van der Waals surface area (Å²) in [6.45, 7) is 4.31. The van der Waals surface area contributed by atoms with Gasteiger partial charge in [-0.3, -0.25) is 4.79 Å². The molecule has 0 fully saturated rings. The number of carbonyl (C=O) groups excluding carboxylic acids is 2. The first-order valence-corrected chi connectivity index (χ1v) is 13.2. The summed E-state index contributed by atoms with van der Waals surface area (Å²) in [5, 5.41) is 13.6. The molecule has 0 spiro atoms. The summed E-state index contributed by atoms with van der Waals surface area (Å²) in [5.74, 6) is 0.565. The Bertz CT molecular complexity index is 1380. The van der Waals surface area contributed by atoms with Gasteiger partial charge in [0.1, 0.15) is 10.5 Å². The topological polar surface area (TPSA) is 110 Å². The third kappa shape index (κ3) is 4.52. The summed E-state index contributed by atoms with van der Waals surface area (Å²) >= 11 is 2.88. The molecule has 0 saturated carbocycles. The number of nitrogens with zero attached hydrogens (tertiary/aromatic N) is 3. The number of amides is 1. The minimum atomic E-state index is -0.356. The fourth-order valence-electron chi connectivity index (χ4n) is 4.25. The lowest BCUT2D eigenvalue weighted by atomic mass is 9.88. The van der Waals surface area contributed by atoms with Crippen LogP contribution in [-0.4, -0.2) is 44.4 Å². The van der Waals surface area contributed by atoms with Crippen molar-refractivity contribution in [2.75, 3.05) is 17.7 Å². The summed E-state index contributed by atoms with van der Waals surface area (Å²) in [7, 11) is 0. The van der Waals surface area contributed by atoms with Crippen LogP contribution in [0.1, 0.15) is 47.5 Å². The molecule has 8 nitrogen and oxygen atoms in total. The zero-order valence-corrected chi connectivity index (χ0v) is 20.6. The van der Waals surface area contributed by atoms with E-state index in [1.165, 1.54) is 28.0 Å². The molecule has 1 aliphatic carbocycles. The molecule has 4 aromatic rings. The van der Waals surface area contributed by atoms with Crippen LogP contribution in [0.5, 0.6) is 0 Å². The molecule has 1 aliphatic rings. The van der Waals surface area contributed by atoms with Crippen molar-refractivity contribution in [3.8, 4) is 0 Å². The Balaban J connectivity index is 1.25. The van der Waals surface area contributed by atoms with Gasteiger partial charge in [0.15, 0.2) is 5.65 Å². The van der Waals surface area contributed by atoms with Crippen LogP contribution in [0.15, 0.2) is 29.4 Å². The molecule has 0 aliphatic heterocycles. The van der Waals surface area contributed by atoms with Crippen LogP contribution in [0.2, 0.25) is 0 Å². The van der Waals surface area contributed by atoms with E-state index in [2.05, 4.69) is 32.4 Å². The van der Waals surface area contributed by atoms with Gasteiger partial charge in [-0.25, -0.2) is 9.78 Å². The van der Waals surface area contributed by atoms with Gasteiger partial charge in [-0.1, -0.05) is 36.9 Å².